The Balaban J connectivity index is 1.92. The van der Waals surface area contributed by atoms with Gasteiger partial charge < -0.3 is 36.0 Å². The van der Waals surface area contributed by atoms with Gasteiger partial charge in [0.2, 0.25) is 0 Å². The van der Waals surface area contributed by atoms with Crippen molar-refractivity contribution in [2.75, 3.05) is 5.73 Å². The van der Waals surface area contributed by atoms with Gasteiger partial charge in [-0.2, -0.15) is 0 Å². The van der Waals surface area contributed by atoms with Gasteiger partial charge in [0.05, 0.1) is 0 Å². The molecule has 0 aliphatic carbocycles. The molecule has 158 valence electrons. The molecule has 0 bridgehead atoms. The lowest BCUT2D eigenvalue weighted by molar-refractivity contribution is -0.384. The van der Waals surface area contributed by atoms with Gasteiger partial charge in [-0.3, -0.25) is 4.57 Å². The summed E-state index contributed by atoms with van der Waals surface area (Å²) >= 11 is 0. The molecule has 0 aromatic heterocycles. The van der Waals surface area contributed by atoms with E-state index in [1.54, 1.807) is 24.3 Å². The number of aliphatic hydroxyl groups is 4. The van der Waals surface area contributed by atoms with Crippen molar-refractivity contribution < 1.29 is 35.1 Å². The van der Waals surface area contributed by atoms with Gasteiger partial charge in [0.15, 0.2) is 23.9 Å². The molecule has 3 aliphatic heterocycles. The lowest BCUT2D eigenvalue weighted by atomic mass is 9.95. The maximum atomic E-state index is 11.5. The number of nitrogens with zero attached hydrogens (tertiary/aromatic N) is 4. The monoisotopic (exact) mass is 417 g/mol. The van der Waals surface area contributed by atoms with Crippen molar-refractivity contribution in [3.8, 4) is 11.5 Å². The number of carboxylic acids is 1. The highest BCUT2D eigenvalue weighted by molar-refractivity contribution is 5.73. The van der Waals surface area contributed by atoms with E-state index in [0.717, 1.165) is 16.5 Å². The molecule has 1 unspecified atom stereocenters. The van der Waals surface area contributed by atoms with Gasteiger partial charge in [-0.15, -0.1) is 0 Å². The van der Waals surface area contributed by atoms with E-state index in [1.807, 2.05) is 6.07 Å². The highest BCUT2D eigenvalue weighted by Gasteiger charge is 2.58. The Morgan fingerprint density at radius 3 is 2.53 bits per heavy atom. The Hall–Kier alpha value is -3.16. The molecule has 12 nitrogen and oxygen atoms in total. The van der Waals surface area contributed by atoms with Crippen LogP contribution in [0.1, 0.15) is 11.4 Å². The molecule has 0 spiro atoms. The van der Waals surface area contributed by atoms with Crippen LogP contribution in [0, 0.1) is 0 Å². The predicted octanol–water partition coefficient (Wildman–Crippen LogP) is -1.88. The summed E-state index contributed by atoms with van der Waals surface area (Å²) in [6, 6.07) is 8.94. The molecular formula is C18H19N5O7. The van der Waals surface area contributed by atoms with E-state index < -0.39 is 36.3 Å². The van der Waals surface area contributed by atoms with Crippen molar-refractivity contribution >= 4 is 11.8 Å². The van der Waals surface area contributed by atoms with E-state index >= 15 is 0 Å². The summed E-state index contributed by atoms with van der Waals surface area (Å²) in [5.41, 5.74) is 6.78. The zero-order chi connectivity index (χ0) is 21.6. The van der Waals surface area contributed by atoms with Crippen molar-refractivity contribution in [3.63, 3.8) is 0 Å². The zero-order valence-electron chi connectivity index (χ0n) is 15.4. The lowest BCUT2D eigenvalue weighted by Gasteiger charge is -2.46. The standard InChI is InChI=1S/C18H19N5O7/c19-15-10-16(21-7-20-10)23(9(22-15)6-8-4-2-1-3-5-8)18(29)14(26)12(25)11(24)13(30-18)17(27)28/h1-5,7,11-14,24-26,29H,6,19H2,(H,27,28)/t11-,12-,13-,14+,18?/m0/s1. The molecule has 0 radical (unpaired) electrons. The number of benzene rings is 1. The number of imidazole rings is 1. The second-order valence-electron chi connectivity index (χ2n) is 6.92. The third kappa shape index (κ3) is 3.07. The first-order valence-corrected chi connectivity index (χ1v) is 8.93. The van der Waals surface area contributed by atoms with E-state index in [2.05, 4.69) is 15.0 Å². The fourth-order valence-corrected chi connectivity index (χ4v) is 3.50. The minimum Gasteiger partial charge on any atom is -0.479 e. The summed E-state index contributed by atoms with van der Waals surface area (Å²) in [7, 11) is 0. The van der Waals surface area contributed by atoms with Gasteiger partial charge >= 0.3 is 5.97 Å². The summed E-state index contributed by atoms with van der Waals surface area (Å²) in [6.07, 6.45) is -6.99. The van der Waals surface area contributed by atoms with Crippen LogP contribution in [0.3, 0.4) is 0 Å². The zero-order valence-corrected chi connectivity index (χ0v) is 15.4. The van der Waals surface area contributed by atoms with Crippen molar-refractivity contribution in [1.29, 1.82) is 0 Å². The quantitative estimate of drug-likeness (QED) is 0.278. The van der Waals surface area contributed by atoms with Crippen LogP contribution in [0.5, 0.6) is 0 Å². The number of aromatic nitrogens is 4. The number of carbonyl (C=O) groups is 1. The van der Waals surface area contributed by atoms with Crippen molar-refractivity contribution in [3.05, 3.63) is 48.0 Å². The number of aliphatic hydroxyl groups excluding tert-OH is 3. The summed E-state index contributed by atoms with van der Waals surface area (Å²) in [5, 5.41) is 51.4. The van der Waals surface area contributed by atoms with E-state index in [0.29, 0.717) is 0 Å². The molecule has 1 fully saturated rings. The van der Waals surface area contributed by atoms with Crippen molar-refractivity contribution in [2.45, 2.75) is 36.7 Å². The third-order valence-electron chi connectivity index (χ3n) is 4.98. The number of nitrogen functional groups attached to an aromatic ring is 1. The first-order valence-electron chi connectivity index (χ1n) is 8.93. The molecule has 7 N–H and O–H groups in total. The van der Waals surface area contributed by atoms with Gasteiger partial charge in [0.1, 0.15) is 30.1 Å². The molecule has 3 heterocycles. The molecule has 30 heavy (non-hydrogen) atoms. The highest BCUT2D eigenvalue weighted by Crippen LogP contribution is 2.38. The van der Waals surface area contributed by atoms with Crippen molar-refractivity contribution in [2.24, 2.45) is 0 Å². The Morgan fingerprint density at radius 1 is 1.17 bits per heavy atom. The predicted molar refractivity (Wildman–Crippen MR) is 98.8 cm³/mol. The molecule has 5 atom stereocenters. The van der Waals surface area contributed by atoms with Gasteiger partial charge in [-0.05, 0) is 5.56 Å². The lowest BCUT2D eigenvalue weighted by Crippen LogP contribution is -2.67. The Kier molecular flexibility index (Phi) is 4.88. The molecule has 3 aliphatic rings. The minimum atomic E-state index is -2.84. The average molecular weight is 417 g/mol. The smallest absolute Gasteiger partial charge is 0.335 e. The number of rotatable bonds is 4. The molecule has 1 saturated heterocycles. The van der Waals surface area contributed by atoms with Crippen LogP contribution in [-0.4, -0.2) is 75.4 Å². The number of aliphatic carboxylic acids is 1. The van der Waals surface area contributed by atoms with Crippen LogP contribution in [0.4, 0.5) is 5.82 Å². The fourth-order valence-electron chi connectivity index (χ4n) is 3.50. The normalized spacial score (nSPS) is 29.2. The van der Waals surface area contributed by atoms with Crippen LogP contribution >= 0.6 is 0 Å². The number of hydrogen-bond acceptors (Lipinski definition) is 10. The molecule has 1 aromatic rings. The van der Waals surface area contributed by atoms with Gasteiger partial charge in [0, 0.05) is 6.42 Å². The highest BCUT2D eigenvalue weighted by atomic mass is 16.7. The van der Waals surface area contributed by atoms with Crippen LogP contribution < -0.4 is 5.73 Å². The summed E-state index contributed by atoms with van der Waals surface area (Å²) in [4.78, 5) is 23.8. The third-order valence-corrected chi connectivity index (χ3v) is 4.98. The van der Waals surface area contributed by atoms with Crippen LogP contribution in [-0.2, 0) is 21.9 Å². The maximum Gasteiger partial charge on any atom is 0.335 e. The molecule has 0 amide bonds. The van der Waals surface area contributed by atoms with Crippen LogP contribution in [0.25, 0.3) is 11.5 Å². The number of carboxylic acid groups (broad SMARTS) is 1. The summed E-state index contributed by atoms with van der Waals surface area (Å²) in [6.45, 7) is 0. The number of fused-ring (bicyclic) bond motifs is 1. The second-order valence-corrected chi connectivity index (χ2v) is 6.92. The van der Waals surface area contributed by atoms with E-state index in [4.69, 9.17) is 10.5 Å². The summed E-state index contributed by atoms with van der Waals surface area (Å²) in [5.74, 6) is -4.49. The van der Waals surface area contributed by atoms with Gasteiger partial charge in [-0.1, -0.05) is 30.3 Å². The SMILES string of the molecule is Nc1nc(Cc2ccccc2)n(C2(O)O[C@H](C(=O)O)[C@@H](O)[C@H](O)[C@H]2O)c2ncnc1-2. The molecule has 4 rings (SSSR count). The van der Waals surface area contributed by atoms with Gasteiger partial charge in [0.25, 0.3) is 5.91 Å². The number of anilines is 1. The topological polar surface area (TPSA) is 197 Å². The van der Waals surface area contributed by atoms with Crippen molar-refractivity contribution in [1.82, 2.24) is 19.5 Å². The Labute approximate surface area is 169 Å². The molecule has 0 saturated carbocycles. The number of hydrogen-bond donors (Lipinski definition) is 6. The Morgan fingerprint density at radius 2 is 1.87 bits per heavy atom. The molecule has 1 aromatic carbocycles. The molecule has 12 heteroatoms. The van der Waals surface area contributed by atoms with Crippen LogP contribution in [0.15, 0.2) is 36.7 Å². The average Bonchev–Trinajstić information content (AvgIpc) is 3.20. The molecular weight excluding hydrogens is 398 g/mol. The first kappa shape index (κ1) is 20.1. The minimum absolute atomic E-state index is 0.00560. The fraction of sp³-hybridized carbons (Fsp3) is 0.333. The number of ether oxygens (including phenoxy) is 1. The number of nitrogens with two attached hydrogens (primary N) is 1. The van der Waals surface area contributed by atoms with Gasteiger partial charge in [-0.25, -0.2) is 19.7 Å². The van der Waals surface area contributed by atoms with E-state index in [-0.39, 0.29) is 29.6 Å². The van der Waals surface area contributed by atoms with E-state index in [9.17, 15) is 30.3 Å². The van der Waals surface area contributed by atoms with E-state index in [1.165, 1.54) is 0 Å². The Bertz CT molecular complexity index is 1040. The largest absolute Gasteiger partial charge is 0.479 e. The second kappa shape index (κ2) is 7.27. The first-order chi connectivity index (χ1) is 14.2. The van der Waals surface area contributed by atoms with Crippen LogP contribution in [0.2, 0.25) is 0 Å². The maximum absolute atomic E-state index is 11.5. The summed E-state index contributed by atoms with van der Waals surface area (Å²) < 4.78 is 6.16.